The minimum atomic E-state index is 0.0682. The Hall–Kier alpha value is -1.95. The van der Waals surface area contributed by atoms with Crippen LogP contribution in [0.1, 0.15) is 37.8 Å². The molecule has 1 aromatic heterocycles. The molecule has 4 rings (SSSR count). The molecule has 0 bridgehead atoms. The second-order valence-corrected chi connectivity index (χ2v) is 8.99. The SMILES string of the molecule is N[C@H]1CC[C@@H](C(=O)Cc2cc(-c3cccc(NCC4CCOCC4)c3)c(Cl)cn2)C1. The summed E-state index contributed by atoms with van der Waals surface area (Å²) in [5, 5.41) is 4.15. The van der Waals surface area contributed by atoms with Crippen LogP contribution in [0.3, 0.4) is 0 Å². The van der Waals surface area contributed by atoms with Crippen LogP contribution in [-0.4, -0.2) is 36.6 Å². The van der Waals surface area contributed by atoms with Gasteiger partial charge in [-0.05, 0) is 61.8 Å². The molecule has 30 heavy (non-hydrogen) atoms. The quantitative estimate of drug-likeness (QED) is 0.681. The number of ether oxygens (including phenoxy) is 1. The highest BCUT2D eigenvalue weighted by Crippen LogP contribution is 2.31. The first-order chi connectivity index (χ1) is 14.6. The second-order valence-electron chi connectivity index (χ2n) is 8.59. The molecule has 1 saturated heterocycles. The monoisotopic (exact) mass is 427 g/mol. The van der Waals surface area contributed by atoms with Gasteiger partial charge in [-0.15, -0.1) is 0 Å². The summed E-state index contributed by atoms with van der Waals surface area (Å²) < 4.78 is 5.44. The molecule has 1 saturated carbocycles. The Morgan fingerprint density at radius 2 is 2.03 bits per heavy atom. The number of rotatable bonds is 7. The van der Waals surface area contributed by atoms with Crippen molar-refractivity contribution in [3.8, 4) is 11.1 Å². The highest BCUT2D eigenvalue weighted by molar-refractivity contribution is 6.33. The van der Waals surface area contributed by atoms with E-state index in [1.165, 1.54) is 0 Å². The molecule has 160 valence electrons. The first-order valence-electron chi connectivity index (χ1n) is 10.9. The first-order valence-corrected chi connectivity index (χ1v) is 11.3. The molecule has 1 aromatic carbocycles. The van der Waals surface area contributed by atoms with Gasteiger partial charge in [-0.3, -0.25) is 9.78 Å². The van der Waals surface area contributed by atoms with E-state index in [2.05, 4.69) is 22.4 Å². The second kappa shape index (κ2) is 9.90. The van der Waals surface area contributed by atoms with Gasteiger partial charge in [0.25, 0.3) is 0 Å². The Labute approximate surface area is 183 Å². The Balaban J connectivity index is 1.45. The van der Waals surface area contributed by atoms with Crippen LogP contribution in [0, 0.1) is 11.8 Å². The van der Waals surface area contributed by atoms with Crippen molar-refractivity contribution in [2.75, 3.05) is 25.1 Å². The lowest BCUT2D eigenvalue weighted by molar-refractivity contribution is -0.122. The van der Waals surface area contributed by atoms with Crippen LogP contribution in [0.4, 0.5) is 5.69 Å². The number of benzene rings is 1. The van der Waals surface area contributed by atoms with Gasteiger partial charge in [0.05, 0.1) is 5.02 Å². The van der Waals surface area contributed by atoms with Gasteiger partial charge in [0, 0.05) is 61.3 Å². The summed E-state index contributed by atoms with van der Waals surface area (Å²) in [5.74, 6) is 0.947. The molecule has 1 aliphatic carbocycles. The summed E-state index contributed by atoms with van der Waals surface area (Å²) >= 11 is 6.47. The number of aromatic nitrogens is 1. The number of anilines is 1. The zero-order chi connectivity index (χ0) is 20.9. The number of hydrogen-bond donors (Lipinski definition) is 2. The Bertz CT molecular complexity index is 883. The molecule has 2 aliphatic rings. The molecule has 0 radical (unpaired) electrons. The van der Waals surface area contributed by atoms with Crippen molar-refractivity contribution in [1.29, 1.82) is 0 Å². The molecule has 0 unspecified atom stereocenters. The van der Waals surface area contributed by atoms with Crippen LogP contribution in [-0.2, 0) is 16.0 Å². The average molecular weight is 428 g/mol. The van der Waals surface area contributed by atoms with Gasteiger partial charge in [-0.1, -0.05) is 23.7 Å². The topological polar surface area (TPSA) is 77.2 Å². The zero-order valence-electron chi connectivity index (χ0n) is 17.3. The van der Waals surface area contributed by atoms with Gasteiger partial charge in [0.15, 0.2) is 0 Å². The fourth-order valence-electron chi connectivity index (χ4n) is 4.44. The van der Waals surface area contributed by atoms with Crippen LogP contribution in [0.2, 0.25) is 5.02 Å². The van der Waals surface area contributed by atoms with Crippen molar-refractivity contribution in [1.82, 2.24) is 4.98 Å². The smallest absolute Gasteiger partial charge is 0.141 e. The van der Waals surface area contributed by atoms with Crippen LogP contribution >= 0.6 is 11.6 Å². The predicted molar refractivity (Wildman–Crippen MR) is 121 cm³/mol. The number of ketones is 1. The average Bonchev–Trinajstić information content (AvgIpc) is 3.21. The fraction of sp³-hybridized carbons (Fsp3) is 0.500. The first kappa shape index (κ1) is 21.3. The van der Waals surface area contributed by atoms with E-state index in [-0.39, 0.29) is 17.7 Å². The lowest BCUT2D eigenvalue weighted by atomic mass is 9.97. The molecule has 6 heteroatoms. The highest BCUT2D eigenvalue weighted by Gasteiger charge is 2.27. The number of nitrogens with one attached hydrogen (secondary N) is 1. The lowest BCUT2D eigenvalue weighted by Crippen LogP contribution is -2.22. The standard InChI is InChI=1S/C24H30ClN3O2/c25-23-15-28-21(13-24(29)18-4-5-19(26)10-18)12-22(23)17-2-1-3-20(11-17)27-14-16-6-8-30-9-7-16/h1-3,11-12,15-16,18-19,27H,4-10,13-14,26H2/t18-,19+/m1/s1. The largest absolute Gasteiger partial charge is 0.385 e. The highest BCUT2D eigenvalue weighted by atomic mass is 35.5. The minimum Gasteiger partial charge on any atom is -0.385 e. The zero-order valence-corrected chi connectivity index (χ0v) is 18.0. The molecular formula is C24H30ClN3O2. The molecular weight excluding hydrogens is 398 g/mol. The van der Waals surface area contributed by atoms with Crippen molar-refractivity contribution >= 4 is 23.1 Å². The van der Waals surface area contributed by atoms with Gasteiger partial charge < -0.3 is 15.8 Å². The summed E-state index contributed by atoms with van der Waals surface area (Å²) in [5.41, 5.74) is 9.74. The van der Waals surface area contributed by atoms with Gasteiger partial charge in [-0.2, -0.15) is 0 Å². The number of nitrogens with zero attached hydrogens (tertiary/aromatic N) is 1. The molecule has 1 aliphatic heterocycles. The van der Waals surface area contributed by atoms with Crippen molar-refractivity contribution in [3.05, 3.63) is 47.2 Å². The molecule has 2 atom stereocenters. The summed E-state index contributed by atoms with van der Waals surface area (Å²) in [6, 6.07) is 10.4. The molecule has 0 amide bonds. The number of hydrogen-bond acceptors (Lipinski definition) is 5. The van der Waals surface area contributed by atoms with E-state index in [0.29, 0.717) is 17.4 Å². The maximum Gasteiger partial charge on any atom is 0.141 e. The summed E-state index contributed by atoms with van der Waals surface area (Å²) in [4.78, 5) is 17.0. The number of carbonyl (C=O) groups is 1. The third kappa shape index (κ3) is 5.39. The Morgan fingerprint density at radius 1 is 1.20 bits per heavy atom. The third-order valence-electron chi connectivity index (χ3n) is 6.31. The van der Waals surface area contributed by atoms with Crippen molar-refractivity contribution in [2.45, 2.75) is 44.6 Å². The Morgan fingerprint density at radius 3 is 2.80 bits per heavy atom. The van der Waals surface area contributed by atoms with E-state index >= 15 is 0 Å². The van der Waals surface area contributed by atoms with Crippen molar-refractivity contribution in [3.63, 3.8) is 0 Å². The van der Waals surface area contributed by atoms with E-state index in [1.807, 2.05) is 18.2 Å². The maximum absolute atomic E-state index is 12.6. The van der Waals surface area contributed by atoms with E-state index < -0.39 is 0 Å². The number of carbonyl (C=O) groups excluding carboxylic acids is 1. The molecule has 3 N–H and O–H groups in total. The summed E-state index contributed by atoms with van der Waals surface area (Å²) in [7, 11) is 0. The van der Waals surface area contributed by atoms with Gasteiger partial charge >= 0.3 is 0 Å². The predicted octanol–water partition coefficient (Wildman–Crippen LogP) is 4.48. The normalized spacial score (nSPS) is 22.2. The molecule has 5 nitrogen and oxygen atoms in total. The van der Waals surface area contributed by atoms with Crippen molar-refractivity contribution in [2.24, 2.45) is 17.6 Å². The number of pyridine rings is 1. The molecule has 2 aromatic rings. The van der Waals surface area contributed by atoms with Gasteiger partial charge in [-0.25, -0.2) is 0 Å². The fourth-order valence-corrected chi connectivity index (χ4v) is 4.65. The summed E-state index contributed by atoms with van der Waals surface area (Å²) in [6.07, 6.45) is 6.81. The summed E-state index contributed by atoms with van der Waals surface area (Å²) in [6.45, 7) is 2.65. The molecule has 0 spiro atoms. The van der Waals surface area contributed by atoms with Crippen LogP contribution in [0.25, 0.3) is 11.1 Å². The van der Waals surface area contributed by atoms with E-state index in [9.17, 15) is 4.79 Å². The van der Waals surface area contributed by atoms with Crippen LogP contribution < -0.4 is 11.1 Å². The van der Waals surface area contributed by atoms with Gasteiger partial charge in [0.1, 0.15) is 5.78 Å². The van der Waals surface area contributed by atoms with Crippen molar-refractivity contribution < 1.29 is 9.53 Å². The lowest BCUT2D eigenvalue weighted by Gasteiger charge is -2.22. The minimum absolute atomic E-state index is 0.0682. The van der Waals surface area contributed by atoms with E-state index in [0.717, 1.165) is 74.4 Å². The maximum atomic E-state index is 12.6. The van der Waals surface area contributed by atoms with E-state index in [4.69, 9.17) is 22.1 Å². The molecule has 2 heterocycles. The van der Waals surface area contributed by atoms with E-state index in [1.54, 1.807) is 6.20 Å². The van der Waals surface area contributed by atoms with Gasteiger partial charge in [0.2, 0.25) is 0 Å². The van der Waals surface area contributed by atoms with Crippen LogP contribution in [0.5, 0.6) is 0 Å². The molecule has 2 fully saturated rings. The van der Waals surface area contributed by atoms with Crippen LogP contribution in [0.15, 0.2) is 36.5 Å². The third-order valence-corrected chi connectivity index (χ3v) is 6.61. The number of halogens is 1. The number of nitrogens with two attached hydrogens (primary N) is 1. The number of Topliss-reactive ketones (excluding diaryl/α,β-unsaturated/α-hetero) is 1. The Kier molecular flexibility index (Phi) is 7.03.